The second kappa shape index (κ2) is 15.8. The van der Waals surface area contributed by atoms with Gasteiger partial charge in [0.15, 0.2) is 0 Å². The maximum atomic E-state index is 2.57. The molecule has 0 aromatic heterocycles. The van der Waals surface area contributed by atoms with Crippen LogP contribution in [0.1, 0.15) is 159 Å². The third-order valence-corrected chi connectivity index (χ3v) is 8.80. The summed E-state index contributed by atoms with van der Waals surface area (Å²) in [5.41, 5.74) is 4.72. The molecule has 0 heteroatoms. The summed E-state index contributed by atoms with van der Waals surface area (Å²) in [5, 5.41) is 0. The summed E-state index contributed by atoms with van der Waals surface area (Å²) in [7, 11) is 0. The molecular formula is C33H54. The van der Waals surface area contributed by atoms with Crippen LogP contribution >= 0.6 is 0 Å². The van der Waals surface area contributed by atoms with Crippen molar-refractivity contribution < 1.29 is 0 Å². The highest BCUT2D eigenvalue weighted by Crippen LogP contribution is 2.39. The maximum absolute atomic E-state index is 2.57. The molecule has 2 aliphatic rings. The lowest BCUT2D eigenvalue weighted by molar-refractivity contribution is 0.302. The van der Waals surface area contributed by atoms with Crippen LogP contribution in [0.4, 0.5) is 0 Å². The molecule has 1 aromatic carbocycles. The van der Waals surface area contributed by atoms with Gasteiger partial charge in [-0.05, 0) is 79.4 Å². The van der Waals surface area contributed by atoms with Crippen molar-refractivity contribution in [2.75, 3.05) is 0 Å². The first-order valence-corrected chi connectivity index (χ1v) is 15.1. The summed E-state index contributed by atoms with van der Waals surface area (Å²) in [5.74, 6) is 2.77. The molecule has 1 unspecified atom stereocenters. The maximum Gasteiger partial charge on any atom is -0.0162 e. The van der Waals surface area contributed by atoms with Gasteiger partial charge in [-0.1, -0.05) is 128 Å². The average Bonchev–Trinajstić information content (AvgIpc) is 2.87. The van der Waals surface area contributed by atoms with Gasteiger partial charge in [0.1, 0.15) is 0 Å². The van der Waals surface area contributed by atoms with Crippen LogP contribution < -0.4 is 0 Å². The van der Waals surface area contributed by atoms with E-state index in [9.17, 15) is 0 Å². The number of rotatable bonds is 15. The molecule has 0 saturated heterocycles. The van der Waals surface area contributed by atoms with E-state index in [1.54, 1.807) is 11.1 Å². The van der Waals surface area contributed by atoms with Gasteiger partial charge in [-0.2, -0.15) is 0 Å². The van der Waals surface area contributed by atoms with Gasteiger partial charge in [0.2, 0.25) is 0 Å². The molecule has 0 spiro atoms. The Morgan fingerprint density at radius 2 is 1.18 bits per heavy atom. The fourth-order valence-electron chi connectivity index (χ4n) is 6.42. The van der Waals surface area contributed by atoms with Crippen molar-refractivity contribution in [2.45, 2.75) is 148 Å². The van der Waals surface area contributed by atoms with Gasteiger partial charge in [-0.25, -0.2) is 0 Å². The molecule has 0 bridgehead atoms. The van der Waals surface area contributed by atoms with E-state index in [0.717, 1.165) is 17.8 Å². The highest BCUT2D eigenvalue weighted by molar-refractivity contribution is 5.66. The SMILES string of the molecule is CCCCCCCCC[C@H]1CC[C@H](c2ccc(C3=CCC(CCCCCC)CC3)cc2)CC1. The van der Waals surface area contributed by atoms with E-state index in [1.807, 2.05) is 0 Å². The van der Waals surface area contributed by atoms with E-state index < -0.39 is 0 Å². The minimum atomic E-state index is 0.817. The smallest absolute Gasteiger partial charge is 0.0162 e. The quantitative estimate of drug-likeness (QED) is 0.233. The molecule has 2 aliphatic carbocycles. The Morgan fingerprint density at radius 3 is 1.79 bits per heavy atom. The van der Waals surface area contributed by atoms with Crippen molar-refractivity contribution in [3.8, 4) is 0 Å². The molecule has 1 atom stereocenters. The third kappa shape index (κ3) is 9.62. The minimum absolute atomic E-state index is 0.817. The van der Waals surface area contributed by atoms with Crippen LogP contribution in [0.15, 0.2) is 30.3 Å². The molecule has 1 fully saturated rings. The first-order chi connectivity index (χ1) is 16.3. The largest absolute Gasteiger partial charge is 0.0804 e. The molecule has 0 aliphatic heterocycles. The van der Waals surface area contributed by atoms with Gasteiger partial charge in [0.05, 0.1) is 0 Å². The molecule has 33 heavy (non-hydrogen) atoms. The monoisotopic (exact) mass is 450 g/mol. The lowest BCUT2D eigenvalue weighted by atomic mass is 9.76. The van der Waals surface area contributed by atoms with Crippen LogP contribution in [0.25, 0.3) is 5.57 Å². The van der Waals surface area contributed by atoms with E-state index in [-0.39, 0.29) is 0 Å². The van der Waals surface area contributed by atoms with E-state index in [4.69, 9.17) is 0 Å². The Morgan fingerprint density at radius 1 is 0.606 bits per heavy atom. The van der Waals surface area contributed by atoms with E-state index >= 15 is 0 Å². The normalized spacial score (nSPS) is 23.5. The Kier molecular flexibility index (Phi) is 12.7. The van der Waals surface area contributed by atoms with Crippen LogP contribution in [-0.2, 0) is 0 Å². The number of unbranched alkanes of at least 4 members (excludes halogenated alkanes) is 9. The van der Waals surface area contributed by atoms with Gasteiger partial charge in [-0.15, -0.1) is 0 Å². The van der Waals surface area contributed by atoms with Crippen molar-refractivity contribution >= 4 is 5.57 Å². The van der Waals surface area contributed by atoms with Crippen molar-refractivity contribution in [2.24, 2.45) is 11.8 Å². The van der Waals surface area contributed by atoms with Crippen LogP contribution in [0, 0.1) is 11.8 Å². The third-order valence-electron chi connectivity index (χ3n) is 8.80. The molecule has 1 saturated carbocycles. The van der Waals surface area contributed by atoms with E-state index in [2.05, 4.69) is 44.2 Å². The lowest BCUT2D eigenvalue weighted by Crippen LogP contribution is -2.13. The highest BCUT2D eigenvalue weighted by Gasteiger charge is 2.22. The summed E-state index contributed by atoms with van der Waals surface area (Å²) < 4.78 is 0. The fourth-order valence-corrected chi connectivity index (χ4v) is 6.42. The second-order valence-electron chi connectivity index (χ2n) is 11.5. The van der Waals surface area contributed by atoms with Crippen LogP contribution in [0.3, 0.4) is 0 Å². The molecule has 0 heterocycles. The Bertz CT molecular complexity index is 643. The Hall–Kier alpha value is -1.04. The average molecular weight is 451 g/mol. The first-order valence-electron chi connectivity index (χ1n) is 15.1. The molecule has 0 radical (unpaired) electrons. The molecule has 186 valence electrons. The lowest BCUT2D eigenvalue weighted by Gasteiger charge is -2.29. The van der Waals surface area contributed by atoms with Gasteiger partial charge in [-0.3, -0.25) is 0 Å². The summed E-state index contributed by atoms with van der Waals surface area (Å²) >= 11 is 0. The zero-order chi connectivity index (χ0) is 23.1. The van der Waals surface area contributed by atoms with Crippen LogP contribution in [-0.4, -0.2) is 0 Å². The van der Waals surface area contributed by atoms with Crippen molar-refractivity contribution in [3.05, 3.63) is 41.5 Å². The van der Waals surface area contributed by atoms with Crippen LogP contribution in [0.2, 0.25) is 0 Å². The molecule has 0 N–H and O–H groups in total. The van der Waals surface area contributed by atoms with Gasteiger partial charge < -0.3 is 0 Å². The summed E-state index contributed by atoms with van der Waals surface area (Å²) in [6.45, 7) is 4.62. The molecular weight excluding hydrogens is 396 g/mol. The molecule has 0 nitrogen and oxygen atoms in total. The second-order valence-corrected chi connectivity index (χ2v) is 11.5. The minimum Gasteiger partial charge on any atom is -0.0804 e. The standard InChI is InChI=1S/C33H54/c1-3-5-7-9-10-11-13-15-29-18-22-31(23-19-29)33-26-24-32(25-27-33)30-20-16-28(17-21-30)14-12-8-6-4-2/h20,24-29,31H,3-19,21-23H2,1-2H3/t28?,29-,31-. The molecule has 0 amide bonds. The zero-order valence-corrected chi connectivity index (χ0v) is 22.3. The van der Waals surface area contributed by atoms with Gasteiger partial charge in [0, 0.05) is 0 Å². The first kappa shape index (κ1) is 26.6. The van der Waals surface area contributed by atoms with Crippen molar-refractivity contribution in [3.63, 3.8) is 0 Å². The number of hydrogen-bond acceptors (Lipinski definition) is 0. The summed E-state index contributed by atoms with van der Waals surface area (Å²) in [6.07, 6.45) is 31.1. The molecule has 3 rings (SSSR count). The number of benzene rings is 1. The molecule has 1 aromatic rings. The van der Waals surface area contributed by atoms with Crippen molar-refractivity contribution in [1.29, 1.82) is 0 Å². The summed E-state index contributed by atoms with van der Waals surface area (Å²) in [6, 6.07) is 9.81. The van der Waals surface area contributed by atoms with Gasteiger partial charge in [0.25, 0.3) is 0 Å². The fraction of sp³-hybridized carbons (Fsp3) is 0.758. The van der Waals surface area contributed by atoms with E-state index in [0.29, 0.717) is 0 Å². The van der Waals surface area contributed by atoms with Crippen LogP contribution in [0.5, 0.6) is 0 Å². The highest BCUT2D eigenvalue weighted by atomic mass is 14.3. The Balaban J connectivity index is 1.33. The summed E-state index contributed by atoms with van der Waals surface area (Å²) in [4.78, 5) is 0. The van der Waals surface area contributed by atoms with E-state index in [1.165, 1.54) is 134 Å². The number of hydrogen-bond donors (Lipinski definition) is 0. The zero-order valence-electron chi connectivity index (χ0n) is 22.3. The number of allylic oxidation sites excluding steroid dienone is 2. The van der Waals surface area contributed by atoms with Gasteiger partial charge >= 0.3 is 0 Å². The topological polar surface area (TPSA) is 0 Å². The van der Waals surface area contributed by atoms with Crippen molar-refractivity contribution in [1.82, 2.24) is 0 Å². The Labute approximate surface area is 207 Å². The predicted octanol–water partition coefficient (Wildman–Crippen LogP) is 11.3. The predicted molar refractivity (Wildman–Crippen MR) is 148 cm³/mol.